The van der Waals surface area contributed by atoms with E-state index in [0.717, 1.165) is 28.9 Å². The van der Waals surface area contributed by atoms with Crippen molar-refractivity contribution >= 4 is 34.0 Å². The predicted molar refractivity (Wildman–Crippen MR) is 75.5 cm³/mol. The first-order valence-electron chi connectivity index (χ1n) is 5.50. The van der Waals surface area contributed by atoms with Gasteiger partial charge in [0.1, 0.15) is 5.69 Å². The Labute approximate surface area is 113 Å². The van der Waals surface area contributed by atoms with Crippen molar-refractivity contribution in [3.8, 4) is 0 Å². The van der Waals surface area contributed by atoms with Crippen LogP contribution in [-0.2, 0) is 0 Å². The fourth-order valence-electron chi connectivity index (χ4n) is 2.06. The average Bonchev–Trinajstić information content (AvgIpc) is 2.28. The maximum atomic E-state index is 11.1. The second-order valence-corrected chi connectivity index (χ2v) is 5.44. The number of halogens is 1. The number of nitrogens with zero attached hydrogens (tertiary/aromatic N) is 2. The third kappa shape index (κ3) is 2.86. The lowest BCUT2D eigenvalue weighted by atomic mass is 10.2. The molecule has 17 heavy (non-hydrogen) atoms. The number of nitro groups is 1. The zero-order valence-corrected chi connectivity index (χ0v) is 11.7. The van der Waals surface area contributed by atoms with Gasteiger partial charge in [0.05, 0.1) is 4.92 Å². The van der Waals surface area contributed by atoms with E-state index in [1.54, 1.807) is 6.07 Å². The molecule has 1 aliphatic heterocycles. The Hall–Kier alpha value is -0.890. The smallest absolute Gasteiger partial charge is 0.293 e. The fourth-order valence-corrected chi connectivity index (χ4v) is 2.54. The summed E-state index contributed by atoms with van der Waals surface area (Å²) in [6.45, 7) is 4.57. The van der Waals surface area contributed by atoms with E-state index in [4.69, 9.17) is 0 Å². The minimum absolute atomic E-state index is 0.200. The maximum absolute atomic E-state index is 11.1. The molecule has 0 spiro atoms. The monoisotopic (exact) mass is 347 g/mol. The van der Waals surface area contributed by atoms with Gasteiger partial charge in [0.2, 0.25) is 0 Å². The lowest BCUT2D eigenvalue weighted by Gasteiger charge is -2.33. The molecule has 1 N–H and O–H groups in total. The van der Waals surface area contributed by atoms with E-state index in [1.807, 2.05) is 12.1 Å². The van der Waals surface area contributed by atoms with Crippen molar-refractivity contribution in [2.24, 2.45) is 0 Å². The summed E-state index contributed by atoms with van der Waals surface area (Å²) < 4.78 is 0.890. The topological polar surface area (TPSA) is 58.4 Å². The Bertz CT molecular complexity index is 439. The lowest BCUT2D eigenvalue weighted by Crippen LogP contribution is -2.49. The number of hydrogen-bond donors (Lipinski definition) is 1. The van der Waals surface area contributed by atoms with E-state index in [0.29, 0.717) is 6.04 Å². The van der Waals surface area contributed by atoms with Gasteiger partial charge in [-0.2, -0.15) is 0 Å². The van der Waals surface area contributed by atoms with E-state index in [-0.39, 0.29) is 10.6 Å². The summed E-state index contributed by atoms with van der Waals surface area (Å²) in [7, 11) is 0. The van der Waals surface area contributed by atoms with Gasteiger partial charge in [-0.05, 0) is 41.6 Å². The highest BCUT2D eigenvalue weighted by Crippen LogP contribution is 2.30. The summed E-state index contributed by atoms with van der Waals surface area (Å²) in [6.07, 6.45) is 0. The first kappa shape index (κ1) is 12.6. The molecule has 2 rings (SSSR count). The molecule has 1 aliphatic rings. The van der Waals surface area contributed by atoms with Crippen molar-refractivity contribution in [2.45, 2.75) is 13.0 Å². The van der Waals surface area contributed by atoms with E-state index in [9.17, 15) is 10.1 Å². The van der Waals surface area contributed by atoms with Crippen LogP contribution in [0.3, 0.4) is 0 Å². The van der Waals surface area contributed by atoms with Gasteiger partial charge < -0.3 is 10.2 Å². The Balaban J connectivity index is 2.33. The standard InChI is InChI=1S/C11H14IN3O2/c1-8-7-14(5-4-13-8)10-3-2-9(12)6-11(10)15(16)17/h2-3,6,8,13H,4-5,7H2,1H3/t8-/m1/s1. The lowest BCUT2D eigenvalue weighted by molar-refractivity contribution is -0.384. The van der Waals surface area contributed by atoms with Crippen molar-refractivity contribution in [3.63, 3.8) is 0 Å². The zero-order chi connectivity index (χ0) is 12.4. The van der Waals surface area contributed by atoms with Gasteiger partial charge in [0.15, 0.2) is 0 Å². The molecule has 0 unspecified atom stereocenters. The van der Waals surface area contributed by atoms with E-state index < -0.39 is 0 Å². The van der Waals surface area contributed by atoms with Crippen molar-refractivity contribution in [2.75, 3.05) is 24.5 Å². The number of nitro benzene ring substituents is 1. The third-order valence-electron chi connectivity index (χ3n) is 2.84. The summed E-state index contributed by atoms with van der Waals surface area (Å²) >= 11 is 2.10. The Morgan fingerprint density at radius 1 is 1.59 bits per heavy atom. The molecule has 0 radical (unpaired) electrons. The summed E-state index contributed by atoms with van der Waals surface area (Å²) in [5, 5.41) is 14.4. The summed E-state index contributed by atoms with van der Waals surface area (Å²) in [5.74, 6) is 0. The van der Waals surface area contributed by atoms with Crippen LogP contribution in [0, 0.1) is 13.7 Å². The third-order valence-corrected chi connectivity index (χ3v) is 3.51. The molecule has 1 atom stereocenters. The molecule has 0 amide bonds. The van der Waals surface area contributed by atoms with Crippen LogP contribution in [0.25, 0.3) is 0 Å². The van der Waals surface area contributed by atoms with Crippen LogP contribution in [-0.4, -0.2) is 30.6 Å². The number of rotatable bonds is 2. The van der Waals surface area contributed by atoms with Crippen molar-refractivity contribution < 1.29 is 4.92 Å². The number of anilines is 1. The second-order valence-electron chi connectivity index (χ2n) is 4.19. The van der Waals surface area contributed by atoms with E-state index in [1.165, 1.54) is 0 Å². The zero-order valence-electron chi connectivity index (χ0n) is 9.52. The Kier molecular flexibility index (Phi) is 3.82. The molecule has 92 valence electrons. The fraction of sp³-hybridized carbons (Fsp3) is 0.455. The number of hydrogen-bond acceptors (Lipinski definition) is 4. The molecular formula is C11H14IN3O2. The second kappa shape index (κ2) is 5.18. The minimum Gasteiger partial charge on any atom is -0.363 e. The molecule has 1 heterocycles. The molecule has 0 saturated carbocycles. The van der Waals surface area contributed by atoms with Crippen LogP contribution in [0.15, 0.2) is 18.2 Å². The number of nitrogens with one attached hydrogen (secondary N) is 1. The highest BCUT2D eigenvalue weighted by atomic mass is 127. The summed E-state index contributed by atoms with van der Waals surface area (Å²) in [4.78, 5) is 12.8. The van der Waals surface area contributed by atoms with Crippen LogP contribution in [0.1, 0.15) is 6.92 Å². The van der Waals surface area contributed by atoms with E-state index in [2.05, 4.69) is 39.7 Å². The van der Waals surface area contributed by atoms with Gasteiger partial charge in [0, 0.05) is 35.3 Å². The van der Waals surface area contributed by atoms with Gasteiger partial charge in [-0.15, -0.1) is 0 Å². The quantitative estimate of drug-likeness (QED) is 0.505. The summed E-state index contributed by atoms with van der Waals surface area (Å²) in [5.41, 5.74) is 0.926. The van der Waals surface area contributed by atoms with Gasteiger partial charge in [0.25, 0.3) is 5.69 Å². The van der Waals surface area contributed by atoms with Crippen LogP contribution in [0.5, 0.6) is 0 Å². The van der Waals surface area contributed by atoms with Crippen molar-refractivity contribution in [1.82, 2.24) is 5.32 Å². The maximum Gasteiger partial charge on any atom is 0.293 e. The predicted octanol–water partition coefficient (Wildman–Crippen LogP) is 2.00. The summed E-state index contributed by atoms with van der Waals surface area (Å²) in [6, 6.07) is 5.75. The van der Waals surface area contributed by atoms with Gasteiger partial charge in [-0.3, -0.25) is 10.1 Å². The van der Waals surface area contributed by atoms with Crippen molar-refractivity contribution in [1.29, 1.82) is 0 Å². The van der Waals surface area contributed by atoms with Gasteiger partial charge >= 0.3 is 0 Å². The largest absolute Gasteiger partial charge is 0.363 e. The first-order chi connectivity index (χ1) is 8.08. The number of benzene rings is 1. The SMILES string of the molecule is C[C@@H]1CN(c2ccc(I)cc2[N+](=O)[O-])CCN1. The van der Waals surface area contributed by atoms with E-state index >= 15 is 0 Å². The molecule has 1 aromatic carbocycles. The molecule has 1 aromatic rings. The molecule has 0 aliphatic carbocycles. The number of piperazine rings is 1. The van der Waals surface area contributed by atoms with Crippen LogP contribution < -0.4 is 10.2 Å². The van der Waals surface area contributed by atoms with Crippen LogP contribution in [0.4, 0.5) is 11.4 Å². The molecule has 1 fully saturated rings. The van der Waals surface area contributed by atoms with Gasteiger partial charge in [-0.1, -0.05) is 0 Å². The highest BCUT2D eigenvalue weighted by molar-refractivity contribution is 14.1. The molecule has 6 heteroatoms. The minimum atomic E-state index is -0.301. The van der Waals surface area contributed by atoms with Crippen LogP contribution in [0.2, 0.25) is 0 Å². The molecule has 0 bridgehead atoms. The van der Waals surface area contributed by atoms with Gasteiger partial charge in [-0.25, -0.2) is 0 Å². The average molecular weight is 347 g/mol. The molecular weight excluding hydrogens is 333 g/mol. The molecule has 1 saturated heterocycles. The molecule has 5 nitrogen and oxygen atoms in total. The normalized spacial score (nSPS) is 20.4. The Morgan fingerprint density at radius 3 is 3.00 bits per heavy atom. The Morgan fingerprint density at radius 2 is 2.35 bits per heavy atom. The van der Waals surface area contributed by atoms with Crippen LogP contribution >= 0.6 is 22.6 Å². The molecule has 0 aromatic heterocycles. The highest BCUT2D eigenvalue weighted by Gasteiger charge is 2.23. The van der Waals surface area contributed by atoms with Crippen molar-refractivity contribution in [3.05, 3.63) is 31.9 Å². The first-order valence-corrected chi connectivity index (χ1v) is 6.58.